The van der Waals surface area contributed by atoms with Crippen molar-refractivity contribution >= 4 is 34.8 Å². The Bertz CT molecular complexity index is 1090. The summed E-state index contributed by atoms with van der Waals surface area (Å²) < 4.78 is 14.4. The lowest BCUT2D eigenvalue weighted by Crippen LogP contribution is -2.18. The van der Waals surface area contributed by atoms with Crippen LogP contribution < -0.4 is 10.6 Å². The molecule has 0 atom stereocenters. The number of carbonyl (C=O) groups excluding carboxylic acids is 2. The summed E-state index contributed by atoms with van der Waals surface area (Å²) in [6.45, 7) is 3.45. The summed E-state index contributed by atoms with van der Waals surface area (Å²) >= 11 is 1.25. The van der Waals surface area contributed by atoms with Gasteiger partial charge in [0.25, 0.3) is 11.8 Å². The number of aryl methyl sites for hydroxylation is 2. The highest BCUT2D eigenvalue weighted by Gasteiger charge is 2.24. The lowest BCUT2D eigenvalue weighted by molar-refractivity contribution is 0.101. The Morgan fingerprint density at radius 3 is 2.38 bits per heavy atom. The van der Waals surface area contributed by atoms with Crippen molar-refractivity contribution in [2.45, 2.75) is 32.6 Å². The third kappa shape index (κ3) is 4.29. The SMILES string of the molecule is Cc1ncc(C(=O)Nc2cc(C(=O)Nc3ncc(C4CC4)cn3)c(F)cc2C)s1. The van der Waals surface area contributed by atoms with E-state index >= 15 is 0 Å². The lowest BCUT2D eigenvalue weighted by atomic mass is 10.1. The van der Waals surface area contributed by atoms with E-state index in [9.17, 15) is 14.0 Å². The van der Waals surface area contributed by atoms with Crippen LogP contribution in [-0.2, 0) is 0 Å². The van der Waals surface area contributed by atoms with Crippen LogP contribution in [0.2, 0.25) is 0 Å². The van der Waals surface area contributed by atoms with Crippen LogP contribution in [0.5, 0.6) is 0 Å². The van der Waals surface area contributed by atoms with E-state index in [4.69, 9.17) is 0 Å². The van der Waals surface area contributed by atoms with Crippen molar-refractivity contribution in [2.24, 2.45) is 0 Å². The first kappa shape index (κ1) is 19.1. The van der Waals surface area contributed by atoms with Crippen LogP contribution in [0.3, 0.4) is 0 Å². The average Bonchev–Trinajstić information content (AvgIpc) is 3.44. The van der Waals surface area contributed by atoms with E-state index in [2.05, 4.69) is 25.6 Å². The van der Waals surface area contributed by atoms with Crippen LogP contribution in [0.25, 0.3) is 0 Å². The van der Waals surface area contributed by atoms with E-state index in [1.165, 1.54) is 29.7 Å². The van der Waals surface area contributed by atoms with Gasteiger partial charge in [-0.3, -0.25) is 14.9 Å². The molecule has 29 heavy (non-hydrogen) atoms. The molecule has 2 heterocycles. The van der Waals surface area contributed by atoms with Gasteiger partial charge in [-0.1, -0.05) is 0 Å². The Morgan fingerprint density at radius 2 is 1.76 bits per heavy atom. The van der Waals surface area contributed by atoms with Crippen LogP contribution in [0.15, 0.2) is 30.7 Å². The zero-order valence-electron chi connectivity index (χ0n) is 15.8. The summed E-state index contributed by atoms with van der Waals surface area (Å²) in [5.74, 6) is -1.14. The molecule has 0 bridgehead atoms. The van der Waals surface area contributed by atoms with Crippen molar-refractivity contribution in [3.8, 4) is 0 Å². The van der Waals surface area contributed by atoms with E-state index in [1.807, 2.05) is 0 Å². The number of amides is 2. The van der Waals surface area contributed by atoms with Crippen molar-refractivity contribution in [1.82, 2.24) is 15.0 Å². The van der Waals surface area contributed by atoms with Gasteiger partial charge in [-0.05, 0) is 55.9 Å². The van der Waals surface area contributed by atoms with Gasteiger partial charge in [0.05, 0.1) is 16.8 Å². The van der Waals surface area contributed by atoms with Crippen LogP contribution >= 0.6 is 11.3 Å². The molecule has 0 saturated heterocycles. The molecule has 148 valence electrons. The second kappa shape index (κ2) is 7.67. The molecule has 2 aromatic heterocycles. The molecule has 0 unspecified atom stereocenters. The zero-order chi connectivity index (χ0) is 20.5. The van der Waals surface area contributed by atoms with Crippen molar-refractivity contribution in [1.29, 1.82) is 0 Å². The molecule has 0 radical (unpaired) electrons. The Kier molecular flexibility index (Phi) is 5.06. The standard InChI is InChI=1S/C20H18FN5O2S/c1-10-5-15(21)14(6-16(10)25-19(28)17-9-22-11(2)29-17)18(27)26-20-23-7-13(8-24-20)12-3-4-12/h5-9,12H,3-4H2,1-2H3,(H,25,28)(H,23,24,26,27). The maximum atomic E-state index is 14.4. The smallest absolute Gasteiger partial charge is 0.267 e. The van der Waals surface area contributed by atoms with E-state index in [1.54, 1.807) is 26.2 Å². The normalized spacial score (nSPS) is 13.2. The molecule has 2 N–H and O–H groups in total. The maximum Gasteiger partial charge on any atom is 0.267 e. The summed E-state index contributed by atoms with van der Waals surface area (Å²) in [4.78, 5) is 37.6. The minimum Gasteiger partial charge on any atom is -0.321 e. The number of nitrogens with zero attached hydrogens (tertiary/aromatic N) is 3. The van der Waals surface area contributed by atoms with E-state index in [-0.39, 0.29) is 17.4 Å². The maximum absolute atomic E-state index is 14.4. The number of nitrogens with one attached hydrogen (secondary N) is 2. The molecule has 1 aliphatic rings. The van der Waals surface area contributed by atoms with E-state index < -0.39 is 11.7 Å². The lowest BCUT2D eigenvalue weighted by Gasteiger charge is -2.11. The number of benzene rings is 1. The number of aromatic nitrogens is 3. The van der Waals surface area contributed by atoms with Crippen LogP contribution in [-0.4, -0.2) is 26.8 Å². The Hall–Kier alpha value is -3.20. The molecule has 1 aliphatic carbocycles. The minimum absolute atomic E-state index is 0.102. The van der Waals surface area contributed by atoms with Crippen molar-refractivity contribution in [3.05, 3.63) is 63.1 Å². The predicted octanol–water partition coefficient (Wildman–Crippen LogP) is 4.07. The van der Waals surface area contributed by atoms with E-state index in [0.717, 1.165) is 23.4 Å². The van der Waals surface area contributed by atoms with Gasteiger partial charge in [-0.2, -0.15) is 0 Å². The molecule has 4 rings (SSSR count). The predicted molar refractivity (Wildman–Crippen MR) is 108 cm³/mol. The van der Waals surface area contributed by atoms with Crippen molar-refractivity contribution in [3.63, 3.8) is 0 Å². The quantitative estimate of drug-likeness (QED) is 0.660. The number of thiazole rings is 1. The summed E-state index contributed by atoms with van der Waals surface area (Å²) in [7, 11) is 0. The first-order chi connectivity index (χ1) is 13.9. The third-order valence-corrected chi connectivity index (χ3v) is 5.51. The van der Waals surface area contributed by atoms with E-state index in [0.29, 0.717) is 22.0 Å². The topological polar surface area (TPSA) is 96.9 Å². The first-order valence-corrected chi connectivity index (χ1v) is 9.89. The fourth-order valence-corrected chi connectivity index (χ4v) is 3.50. The largest absolute Gasteiger partial charge is 0.321 e. The third-order valence-electron chi connectivity index (χ3n) is 4.60. The molecule has 2 amide bonds. The van der Waals surface area contributed by atoms with Gasteiger partial charge in [-0.15, -0.1) is 11.3 Å². The van der Waals surface area contributed by atoms with Crippen LogP contribution in [0.4, 0.5) is 16.0 Å². The first-order valence-electron chi connectivity index (χ1n) is 9.08. The van der Waals surface area contributed by atoms with Crippen molar-refractivity contribution < 1.29 is 14.0 Å². The Balaban J connectivity index is 1.52. The molecule has 3 aromatic rings. The zero-order valence-corrected chi connectivity index (χ0v) is 16.6. The number of rotatable bonds is 5. The fourth-order valence-electron chi connectivity index (χ4n) is 2.83. The molecule has 0 spiro atoms. The number of hydrogen-bond acceptors (Lipinski definition) is 6. The number of hydrogen-bond donors (Lipinski definition) is 2. The highest BCUT2D eigenvalue weighted by atomic mass is 32.1. The molecule has 1 fully saturated rings. The second-order valence-electron chi connectivity index (χ2n) is 6.91. The summed E-state index contributed by atoms with van der Waals surface area (Å²) in [6.07, 6.45) is 7.08. The average molecular weight is 411 g/mol. The molecular formula is C20H18FN5O2S. The highest BCUT2D eigenvalue weighted by Crippen LogP contribution is 2.39. The van der Waals surface area contributed by atoms with Gasteiger partial charge in [0.2, 0.25) is 5.95 Å². The summed E-state index contributed by atoms with van der Waals surface area (Å²) in [5, 5.41) is 5.97. The Morgan fingerprint density at radius 1 is 1.03 bits per heavy atom. The summed E-state index contributed by atoms with van der Waals surface area (Å²) in [5.41, 5.74) is 1.67. The Labute approximate surface area is 170 Å². The van der Waals surface area contributed by atoms with Gasteiger partial charge in [0, 0.05) is 18.1 Å². The number of halogens is 1. The van der Waals surface area contributed by atoms with Crippen LogP contribution in [0.1, 0.15) is 54.9 Å². The van der Waals surface area contributed by atoms with Gasteiger partial charge >= 0.3 is 0 Å². The number of carbonyl (C=O) groups is 2. The minimum atomic E-state index is -0.693. The number of anilines is 2. The van der Waals surface area contributed by atoms with Gasteiger partial charge in [-0.25, -0.2) is 19.3 Å². The molecule has 0 aliphatic heterocycles. The highest BCUT2D eigenvalue weighted by molar-refractivity contribution is 7.13. The molecular weight excluding hydrogens is 393 g/mol. The van der Waals surface area contributed by atoms with Crippen molar-refractivity contribution in [2.75, 3.05) is 10.6 Å². The summed E-state index contributed by atoms with van der Waals surface area (Å²) in [6, 6.07) is 2.52. The second-order valence-corrected chi connectivity index (χ2v) is 8.15. The molecule has 9 heteroatoms. The monoisotopic (exact) mass is 411 g/mol. The molecule has 7 nitrogen and oxygen atoms in total. The fraction of sp³-hybridized carbons (Fsp3) is 0.250. The van der Waals surface area contributed by atoms with Crippen LogP contribution in [0, 0.1) is 19.7 Å². The van der Waals surface area contributed by atoms with Gasteiger partial charge in [0.15, 0.2) is 0 Å². The molecule has 1 saturated carbocycles. The molecule has 1 aromatic carbocycles. The van der Waals surface area contributed by atoms with Gasteiger partial charge < -0.3 is 5.32 Å². The van der Waals surface area contributed by atoms with Gasteiger partial charge in [0.1, 0.15) is 10.7 Å².